The molecular formula is C13H24ClNO. The number of rotatable bonds is 5. The Hall–Kier alpha value is -0.240. The third kappa shape index (κ3) is 3.13. The monoisotopic (exact) mass is 245 g/mol. The second-order valence-electron chi connectivity index (χ2n) is 5.14. The zero-order chi connectivity index (χ0) is 12.2. The molecule has 0 aromatic rings. The Morgan fingerprint density at radius 3 is 2.44 bits per heavy atom. The van der Waals surface area contributed by atoms with Crippen LogP contribution in [0, 0.1) is 5.41 Å². The summed E-state index contributed by atoms with van der Waals surface area (Å²) in [6.07, 6.45) is 6.42. The van der Waals surface area contributed by atoms with Gasteiger partial charge in [-0.05, 0) is 32.6 Å². The number of carbonyl (C=O) groups is 1. The van der Waals surface area contributed by atoms with Crippen LogP contribution in [0.1, 0.15) is 52.4 Å². The van der Waals surface area contributed by atoms with Crippen molar-refractivity contribution < 1.29 is 4.79 Å². The van der Waals surface area contributed by atoms with Gasteiger partial charge in [0.1, 0.15) is 0 Å². The van der Waals surface area contributed by atoms with E-state index < -0.39 is 0 Å². The van der Waals surface area contributed by atoms with Crippen molar-refractivity contribution in [2.45, 2.75) is 57.7 Å². The number of carbonyl (C=O) groups excluding carboxylic acids is 1. The Balaban J connectivity index is 2.54. The lowest BCUT2D eigenvalue weighted by Gasteiger charge is -2.31. The predicted octanol–water partition coefficient (Wildman–Crippen LogP) is 3.43. The molecule has 0 N–H and O–H groups in total. The van der Waals surface area contributed by atoms with Crippen LogP contribution < -0.4 is 0 Å². The molecule has 1 saturated carbocycles. The molecule has 94 valence electrons. The lowest BCUT2D eigenvalue weighted by molar-refractivity contribution is -0.140. The highest BCUT2D eigenvalue weighted by Crippen LogP contribution is 2.42. The Morgan fingerprint density at radius 1 is 1.44 bits per heavy atom. The molecule has 1 atom stereocenters. The summed E-state index contributed by atoms with van der Waals surface area (Å²) in [5.41, 5.74) is -0.0513. The number of hydrogen-bond acceptors (Lipinski definition) is 1. The van der Waals surface area contributed by atoms with Gasteiger partial charge in [-0.15, -0.1) is 11.6 Å². The molecule has 0 aromatic heterocycles. The molecule has 1 amide bonds. The van der Waals surface area contributed by atoms with Crippen molar-refractivity contribution in [1.82, 2.24) is 4.90 Å². The van der Waals surface area contributed by atoms with Gasteiger partial charge in [-0.1, -0.05) is 19.8 Å². The van der Waals surface area contributed by atoms with Gasteiger partial charge in [0.2, 0.25) is 5.91 Å². The Bertz CT molecular complexity index is 234. The van der Waals surface area contributed by atoms with Crippen LogP contribution in [0.5, 0.6) is 0 Å². The average Bonchev–Trinajstić information content (AvgIpc) is 2.74. The molecule has 3 heteroatoms. The van der Waals surface area contributed by atoms with Gasteiger partial charge in [-0.3, -0.25) is 4.79 Å². The lowest BCUT2D eigenvalue weighted by Crippen LogP contribution is -2.41. The van der Waals surface area contributed by atoms with Gasteiger partial charge in [-0.25, -0.2) is 0 Å². The van der Waals surface area contributed by atoms with E-state index in [0.29, 0.717) is 5.91 Å². The zero-order valence-corrected chi connectivity index (χ0v) is 11.5. The third-order valence-corrected chi connectivity index (χ3v) is 4.12. The van der Waals surface area contributed by atoms with E-state index in [0.717, 1.165) is 32.2 Å². The summed E-state index contributed by atoms with van der Waals surface area (Å²) >= 11 is 5.92. The summed E-state index contributed by atoms with van der Waals surface area (Å²) in [5, 5.41) is 0.149. The molecule has 1 unspecified atom stereocenters. The van der Waals surface area contributed by atoms with Crippen molar-refractivity contribution in [2.24, 2.45) is 5.41 Å². The molecule has 0 aromatic carbocycles. The highest BCUT2D eigenvalue weighted by atomic mass is 35.5. The molecule has 1 fully saturated rings. The largest absolute Gasteiger partial charge is 0.345 e. The summed E-state index contributed by atoms with van der Waals surface area (Å²) < 4.78 is 0. The summed E-state index contributed by atoms with van der Waals surface area (Å²) in [7, 11) is 1.91. The molecular weight excluding hydrogens is 222 g/mol. The lowest BCUT2D eigenvalue weighted by atomic mass is 9.82. The van der Waals surface area contributed by atoms with Crippen LogP contribution in [-0.4, -0.2) is 29.8 Å². The Kier molecular flexibility index (Phi) is 5.10. The van der Waals surface area contributed by atoms with Gasteiger partial charge in [0.05, 0.1) is 0 Å². The Labute approximate surface area is 104 Å². The first-order chi connectivity index (χ1) is 7.52. The maximum atomic E-state index is 12.4. The first kappa shape index (κ1) is 13.8. The topological polar surface area (TPSA) is 20.3 Å². The number of alkyl halides is 1. The van der Waals surface area contributed by atoms with Crippen molar-refractivity contribution in [3.63, 3.8) is 0 Å². The second kappa shape index (κ2) is 5.90. The molecule has 0 spiro atoms. The first-order valence-electron chi connectivity index (χ1n) is 6.41. The molecule has 0 radical (unpaired) electrons. The van der Waals surface area contributed by atoms with E-state index in [4.69, 9.17) is 11.6 Å². The number of halogens is 1. The summed E-state index contributed by atoms with van der Waals surface area (Å²) in [6, 6.07) is 0. The predicted molar refractivity (Wildman–Crippen MR) is 68.8 cm³/mol. The smallest absolute Gasteiger partial charge is 0.228 e. The summed E-state index contributed by atoms with van der Waals surface area (Å²) in [5.74, 6) is 0.338. The third-order valence-electron chi connectivity index (χ3n) is 3.90. The molecule has 2 nitrogen and oxygen atoms in total. The van der Waals surface area contributed by atoms with Gasteiger partial charge in [-0.2, -0.15) is 0 Å². The van der Waals surface area contributed by atoms with Gasteiger partial charge in [0, 0.05) is 24.4 Å². The summed E-state index contributed by atoms with van der Waals surface area (Å²) in [6.45, 7) is 4.90. The van der Waals surface area contributed by atoms with Crippen LogP contribution in [0.2, 0.25) is 0 Å². The highest BCUT2D eigenvalue weighted by Gasteiger charge is 2.40. The van der Waals surface area contributed by atoms with E-state index in [2.05, 4.69) is 6.92 Å². The number of hydrogen-bond donors (Lipinski definition) is 0. The molecule has 1 aliphatic rings. The van der Waals surface area contributed by atoms with Crippen LogP contribution >= 0.6 is 11.6 Å². The van der Waals surface area contributed by atoms with Gasteiger partial charge in [0.15, 0.2) is 0 Å². The second-order valence-corrected chi connectivity index (χ2v) is 5.88. The molecule has 0 bridgehead atoms. The fourth-order valence-electron chi connectivity index (χ4n) is 2.65. The van der Waals surface area contributed by atoms with E-state index in [9.17, 15) is 4.79 Å². The number of nitrogens with zero attached hydrogens (tertiary/aromatic N) is 1. The van der Waals surface area contributed by atoms with Gasteiger partial charge >= 0.3 is 0 Å². The van der Waals surface area contributed by atoms with Gasteiger partial charge in [0.25, 0.3) is 0 Å². The molecule has 1 aliphatic carbocycles. The Morgan fingerprint density at radius 2 is 2.00 bits per heavy atom. The van der Waals surface area contributed by atoms with Crippen molar-refractivity contribution in [2.75, 3.05) is 13.6 Å². The van der Waals surface area contributed by atoms with Crippen molar-refractivity contribution in [3.8, 4) is 0 Å². The van der Waals surface area contributed by atoms with E-state index in [1.165, 1.54) is 12.8 Å². The van der Waals surface area contributed by atoms with Crippen molar-refractivity contribution in [1.29, 1.82) is 0 Å². The van der Waals surface area contributed by atoms with E-state index in [1.807, 2.05) is 18.9 Å². The number of amides is 1. The quantitative estimate of drug-likeness (QED) is 0.680. The first-order valence-corrected chi connectivity index (χ1v) is 6.85. The highest BCUT2D eigenvalue weighted by molar-refractivity contribution is 6.20. The minimum atomic E-state index is -0.0513. The molecule has 16 heavy (non-hydrogen) atoms. The van der Waals surface area contributed by atoms with E-state index in [-0.39, 0.29) is 10.8 Å². The van der Waals surface area contributed by atoms with Gasteiger partial charge < -0.3 is 4.90 Å². The molecule has 0 saturated heterocycles. The zero-order valence-electron chi connectivity index (χ0n) is 10.8. The minimum absolute atomic E-state index is 0.0513. The minimum Gasteiger partial charge on any atom is -0.345 e. The van der Waals surface area contributed by atoms with Crippen LogP contribution in [0.3, 0.4) is 0 Å². The molecule has 0 aliphatic heterocycles. The maximum Gasteiger partial charge on any atom is 0.228 e. The standard InChI is InChI=1S/C13H24ClNO/c1-4-13(8-5-6-9-13)12(16)15(3)10-7-11(2)14/h11H,4-10H2,1-3H3. The average molecular weight is 246 g/mol. The molecule has 1 rings (SSSR count). The maximum absolute atomic E-state index is 12.4. The van der Waals surface area contributed by atoms with Crippen LogP contribution in [0.4, 0.5) is 0 Å². The molecule has 0 heterocycles. The van der Waals surface area contributed by atoms with Crippen LogP contribution in [0.25, 0.3) is 0 Å². The van der Waals surface area contributed by atoms with E-state index >= 15 is 0 Å². The normalized spacial score (nSPS) is 20.8. The summed E-state index contributed by atoms with van der Waals surface area (Å²) in [4.78, 5) is 14.3. The fourth-order valence-corrected chi connectivity index (χ4v) is 2.75. The SMILES string of the molecule is CCC1(C(=O)N(C)CCC(C)Cl)CCCC1. The van der Waals surface area contributed by atoms with Crippen molar-refractivity contribution in [3.05, 3.63) is 0 Å². The van der Waals surface area contributed by atoms with Crippen molar-refractivity contribution >= 4 is 17.5 Å². The van der Waals surface area contributed by atoms with Crippen LogP contribution in [0.15, 0.2) is 0 Å². The van der Waals surface area contributed by atoms with E-state index in [1.54, 1.807) is 0 Å². The van der Waals surface area contributed by atoms with Crippen LogP contribution in [-0.2, 0) is 4.79 Å². The fraction of sp³-hybridized carbons (Fsp3) is 0.923.